The molecule has 1 amide bonds. The Bertz CT molecular complexity index is 1010. The molecule has 126 valence electrons. The second-order valence-corrected chi connectivity index (χ2v) is 5.54. The number of hydrogen-bond acceptors (Lipinski definition) is 2. The zero-order valence-electron chi connectivity index (χ0n) is 14.7. The SMILES string of the molecule is CC.CC(=O)Nc1ccc(-c2cccc3c2oc2ccccc23)cc1. The van der Waals surface area contributed by atoms with E-state index in [1.54, 1.807) is 0 Å². The number of para-hydroxylation sites is 2. The van der Waals surface area contributed by atoms with Crippen molar-refractivity contribution < 1.29 is 9.21 Å². The topological polar surface area (TPSA) is 42.2 Å². The molecule has 1 N–H and O–H groups in total. The highest BCUT2D eigenvalue weighted by Gasteiger charge is 2.11. The number of anilines is 1. The molecule has 0 aliphatic carbocycles. The van der Waals surface area contributed by atoms with Crippen LogP contribution in [0.4, 0.5) is 5.69 Å². The van der Waals surface area contributed by atoms with Crippen LogP contribution in [0.3, 0.4) is 0 Å². The maximum Gasteiger partial charge on any atom is 0.221 e. The molecule has 0 unspecified atom stereocenters. The molecule has 1 heterocycles. The van der Waals surface area contributed by atoms with Crippen molar-refractivity contribution in [1.82, 2.24) is 0 Å². The number of nitrogens with one attached hydrogen (secondary N) is 1. The Kier molecular flexibility index (Phi) is 4.85. The first-order chi connectivity index (χ1) is 12.2. The highest BCUT2D eigenvalue weighted by molar-refractivity contribution is 6.09. The second-order valence-electron chi connectivity index (χ2n) is 5.54. The first-order valence-corrected chi connectivity index (χ1v) is 8.51. The quantitative estimate of drug-likeness (QED) is 0.472. The molecule has 0 aliphatic heterocycles. The van der Waals surface area contributed by atoms with Crippen molar-refractivity contribution in [2.45, 2.75) is 20.8 Å². The smallest absolute Gasteiger partial charge is 0.221 e. The van der Waals surface area contributed by atoms with Crippen molar-refractivity contribution >= 4 is 33.5 Å². The Balaban J connectivity index is 0.000000880. The molecule has 0 saturated heterocycles. The summed E-state index contributed by atoms with van der Waals surface area (Å²) in [6.45, 7) is 5.50. The lowest BCUT2D eigenvalue weighted by molar-refractivity contribution is -0.114. The zero-order valence-corrected chi connectivity index (χ0v) is 14.7. The third kappa shape index (κ3) is 3.26. The van der Waals surface area contributed by atoms with Gasteiger partial charge in [-0.2, -0.15) is 0 Å². The van der Waals surface area contributed by atoms with Crippen molar-refractivity contribution in [2.24, 2.45) is 0 Å². The molecule has 3 nitrogen and oxygen atoms in total. The summed E-state index contributed by atoms with van der Waals surface area (Å²) in [5, 5.41) is 5.02. The molecule has 0 radical (unpaired) electrons. The molecular weight excluding hydrogens is 310 g/mol. The Hall–Kier alpha value is -3.07. The number of benzene rings is 3. The number of fused-ring (bicyclic) bond motifs is 3. The van der Waals surface area contributed by atoms with Crippen molar-refractivity contribution in [3.63, 3.8) is 0 Å². The lowest BCUT2D eigenvalue weighted by Gasteiger charge is -2.05. The highest BCUT2D eigenvalue weighted by Crippen LogP contribution is 2.35. The van der Waals surface area contributed by atoms with Crippen LogP contribution in [0.25, 0.3) is 33.1 Å². The predicted molar refractivity (Wildman–Crippen MR) is 105 cm³/mol. The first kappa shape index (κ1) is 16.8. The fourth-order valence-corrected chi connectivity index (χ4v) is 2.91. The molecule has 1 aromatic heterocycles. The Labute approximate surface area is 147 Å². The Morgan fingerprint density at radius 1 is 0.840 bits per heavy atom. The Morgan fingerprint density at radius 2 is 1.52 bits per heavy atom. The minimum atomic E-state index is -0.0721. The van der Waals surface area contributed by atoms with Gasteiger partial charge in [0, 0.05) is 28.9 Å². The molecule has 4 aromatic rings. The number of rotatable bonds is 2. The van der Waals surface area contributed by atoms with E-state index >= 15 is 0 Å². The predicted octanol–water partition coefficient (Wildman–Crippen LogP) is 6.24. The fourth-order valence-electron chi connectivity index (χ4n) is 2.91. The van der Waals surface area contributed by atoms with Crippen LogP contribution >= 0.6 is 0 Å². The van der Waals surface area contributed by atoms with E-state index in [1.165, 1.54) is 6.92 Å². The number of amides is 1. The van der Waals surface area contributed by atoms with Gasteiger partial charge in [0.2, 0.25) is 5.91 Å². The summed E-state index contributed by atoms with van der Waals surface area (Å²) >= 11 is 0. The maximum absolute atomic E-state index is 11.1. The van der Waals surface area contributed by atoms with E-state index < -0.39 is 0 Å². The van der Waals surface area contributed by atoms with Crippen molar-refractivity contribution in [3.05, 3.63) is 66.7 Å². The van der Waals surface area contributed by atoms with Gasteiger partial charge in [-0.1, -0.05) is 62.4 Å². The van der Waals surface area contributed by atoms with Gasteiger partial charge in [0.1, 0.15) is 11.2 Å². The fraction of sp³-hybridized carbons (Fsp3) is 0.136. The van der Waals surface area contributed by atoms with E-state index in [-0.39, 0.29) is 5.91 Å². The van der Waals surface area contributed by atoms with Crippen LogP contribution in [0.5, 0.6) is 0 Å². The molecular formula is C22H21NO2. The summed E-state index contributed by atoms with van der Waals surface area (Å²) in [5.41, 5.74) is 4.68. The van der Waals surface area contributed by atoms with E-state index in [0.29, 0.717) is 0 Å². The molecule has 0 bridgehead atoms. The van der Waals surface area contributed by atoms with Crippen LogP contribution in [0, 0.1) is 0 Å². The van der Waals surface area contributed by atoms with Gasteiger partial charge >= 0.3 is 0 Å². The monoisotopic (exact) mass is 331 g/mol. The second kappa shape index (κ2) is 7.22. The summed E-state index contributed by atoms with van der Waals surface area (Å²) in [7, 11) is 0. The summed E-state index contributed by atoms with van der Waals surface area (Å²) in [5.74, 6) is -0.0721. The van der Waals surface area contributed by atoms with E-state index in [0.717, 1.165) is 38.8 Å². The number of carbonyl (C=O) groups excluding carboxylic acids is 1. The van der Waals surface area contributed by atoms with E-state index in [2.05, 4.69) is 23.5 Å². The number of carbonyl (C=O) groups is 1. The summed E-state index contributed by atoms with van der Waals surface area (Å²) in [6, 6.07) is 22.0. The number of furan rings is 1. The van der Waals surface area contributed by atoms with Gasteiger partial charge in [0.15, 0.2) is 0 Å². The lowest BCUT2D eigenvalue weighted by atomic mass is 10.0. The molecule has 3 heteroatoms. The molecule has 0 fully saturated rings. The normalized spacial score (nSPS) is 10.4. The number of hydrogen-bond donors (Lipinski definition) is 1. The van der Waals surface area contributed by atoms with Gasteiger partial charge in [-0.15, -0.1) is 0 Å². The molecule has 0 spiro atoms. The minimum absolute atomic E-state index is 0.0721. The molecule has 0 aliphatic rings. The van der Waals surface area contributed by atoms with Gasteiger partial charge in [-0.25, -0.2) is 0 Å². The van der Waals surface area contributed by atoms with Crippen molar-refractivity contribution in [3.8, 4) is 11.1 Å². The zero-order chi connectivity index (χ0) is 17.8. The molecule has 3 aromatic carbocycles. The lowest BCUT2D eigenvalue weighted by Crippen LogP contribution is -2.05. The average molecular weight is 331 g/mol. The standard InChI is InChI=1S/C20H15NO2.C2H6/c1-13(22)21-15-11-9-14(10-12-15)16-6-4-7-18-17-5-2-3-8-19(17)23-20(16)18;1-2/h2-12H,1H3,(H,21,22);1-2H3. The summed E-state index contributed by atoms with van der Waals surface area (Å²) < 4.78 is 6.06. The van der Waals surface area contributed by atoms with Gasteiger partial charge in [0.25, 0.3) is 0 Å². The van der Waals surface area contributed by atoms with Gasteiger partial charge in [-0.3, -0.25) is 4.79 Å². The summed E-state index contributed by atoms with van der Waals surface area (Å²) in [6.07, 6.45) is 0. The highest BCUT2D eigenvalue weighted by atomic mass is 16.3. The van der Waals surface area contributed by atoms with E-state index in [4.69, 9.17) is 4.42 Å². The largest absolute Gasteiger partial charge is 0.455 e. The van der Waals surface area contributed by atoms with Crippen molar-refractivity contribution in [2.75, 3.05) is 5.32 Å². The third-order valence-electron chi connectivity index (χ3n) is 3.92. The van der Waals surface area contributed by atoms with Crippen LogP contribution in [-0.4, -0.2) is 5.91 Å². The van der Waals surface area contributed by atoms with Crippen LogP contribution in [0.2, 0.25) is 0 Å². The van der Waals surface area contributed by atoms with Crippen LogP contribution in [0.15, 0.2) is 71.1 Å². The van der Waals surface area contributed by atoms with Gasteiger partial charge in [-0.05, 0) is 23.8 Å². The molecule has 25 heavy (non-hydrogen) atoms. The third-order valence-corrected chi connectivity index (χ3v) is 3.92. The average Bonchev–Trinajstić information content (AvgIpc) is 3.02. The van der Waals surface area contributed by atoms with Gasteiger partial charge in [0.05, 0.1) is 0 Å². The molecule has 0 saturated carbocycles. The van der Waals surface area contributed by atoms with Crippen LogP contribution in [-0.2, 0) is 4.79 Å². The Morgan fingerprint density at radius 3 is 2.24 bits per heavy atom. The first-order valence-electron chi connectivity index (χ1n) is 8.51. The van der Waals surface area contributed by atoms with E-state index in [9.17, 15) is 4.79 Å². The molecule has 4 rings (SSSR count). The summed E-state index contributed by atoms with van der Waals surface area (Å²) in [4.78, 5) is 11.1. The van der Waals surface area contributed by atoms with E-state index in [1.807, 2.05) is 62.4 Å². The van der Waals surface area contributed by atoms with Gasteiger partial charge < -0.3 is 9.73 Å². The van der Waals surface area contributed by atoms with Crippen LogP contribution < -0.4 is 5.32 Å². The molecule has 0 atom stereocenters. The minimum Gasteiger partial charge on any atom is -0.455 e. The van der Waals surface area contributed by atoms with Crippen LogP contribution in [0.1, 0.15) is 20.8 Å². The van der Waals surface area contributed by atoms with Crippen molar-refractivity contribution in [1.29, 1.82) is 0 Å². The maximum atomic E-state index is 11.1.